The van der Waals surface area contributed by atoms with Crippen molar-refractivity contribution in [1.29, 1.82) is 0 Å². The molecule has 1 unspecified atom stereocenters. The molecule has 0 aliphatic carbocycles. The van der Waals surface area contributed by atoms with Crippen LogP contribution in [0.25, 0.3) is 0 Å². The van der Waals surface area contributed by atoms with Crippen LogP contribution in [0.2, 0.25) is 5.02 Å². The number of hydrogen-bond donors (Lipinski definition) is 0. The lowest BCUT2D eigenvalue weighted by Gasteiger charge is -2.10. The van der Waals surface area contributed by atoms with Gasteiger partial charge in [0.2, 0.25) is 0 Å². The molecule has 82 valence electrons. The van der Waals surface area contributed by atoms with Gasteiger partial charge in [-0.25, -0.2) is 4.39 Å². The third-order valence-corrected chi connectivity index (χ3v) is 2.45. The Morgan fingerprint density at radius 3 is 2.80 bits per heavy atom. The van der Waals surface area contributed by atoms with Crippen LogP contribution >= 0.6 is 11.6 Å². The lowest BCUT2D eigenvalue weighted by atomic mass is 9.96. The summed E-state index contributed by atoms with van der Waals surface area (Å²) in [5.41, 5.74) is 0.580. The van der Waals surface area contributed by atoms with Crippen LogP contribution in [-0.2, 0) is 11.2 Å². The highest BCUT2D eigenvalue weighted by Gasteiger charge is 2.10. The fourth-order valence-electron chi connectivity index (χ4n) is 1.64. The highest BCUT2D eigenvalue weighted by molar-refractivity contribution is 6.30. The zero-order valence-corrected chi connectivity index (χ0v) is 9.64. The number of Topliss-reactive ketones (excluding diaryl/α,β-unsaturated/α-hetero) is 1. The van der Waals surface area contributed by atoms with Crippen molar-refractivity contribution in [3.63, 3.8) is 0 Å². The highest BCUT2D eigenvalue weighted by Crippen LogP contribution is 2.19. The first-order valence-electron chi connectivity index (χ1n) is 4.92. The van der Waals surface area contributed by atoms with Gasteiger partial charge in [0.25, 0.3) is 0 Å². The van der Waals surface area contributed by atoms with Crippen molar-refractivity contribution in [3.05, 3.63) is 34.6 Å². The van der Waals surface area contributed by atoms with Gasteiger partial charge in [-0.05, 0) is 43.0 Å². The first kappa shape index (κ1) is 12.2. The molecule has 15 heavy (non-hydrogen) atoms. The molecular formula is C12H14ClFO. The molecule has 1 atom stereocenters. The van der Waals surface area contributed by atoms with Crippen LogP contribution in [0, 0.1) is 11.7 Å². The van der Waals surface area contributed by atoms with Crippen LogP contribution in [0.4, 0.5) is 4.39 Å². The van der Waals surface area contributed by atoms with Gasteiger partial charge in [0.15, 0.2) is 0 Å². The summed E-state index contributed by atoms with van der Waals surface area (Å²) in [4.78, 5) is 10.9. The molecule has 1 rings (SSSR count). The highest BCUT2D eigenvalue weighted by atomic mass is 35.5. The Labute approximate surface area is 94.3 Å². The maximum atomic E-state index is 13.3. The van der Waals surface area contributed by atoms with E-state index in [1.807, 2.05) is 6.92 Å². The van der Waals surface area contributed by atoms with Crippen molar-refractivity contribution in [3.8, 4) is 0 Å². The van der Waals surface area contributed by atoms with E-state index in [0.717, 1.165) is 0 Å². The van der Waals surface area contributed by atoms with E-state index >= 15 is 0 Å². The van der Waals surface area contributed by atoms with Crippen LogP contribution < -0.4 is 0 Å². The molecule has 3 heteroatoms. The fraction of sp³-hybridized carbons (Fsp3) is 0.417. The van der Waals surface area contributed by atoms with Gasteiger partial charge in [0.1, 0.15) is 11.6 Å². The minimum Gasteiger partial charge on any atom is -0.300 e. The van der Waals surface area contributed by atoms with Crippen molar-refractivity contribution in [2.45, 2.75) is 26.7 Å². The van der Waals surface area contributed by atoms with Gasteiger partial charge in [-0.1, -0.05) is 18.5 Å². The molecule has 0 amide bonds. The van der Waals surface area contributed by atoms with Crippen molar-refractivity contribution in [2.24, 2.45) is 5.92 Å². The summed E-state index contributed by atoms with van der Waals surface area (Å²) in [5, 5.41) is 0.529. The summed E-state index contributed by atoms with van der Waals surface area (Å²) in [7, 11) is 0. The molecule has 0 N–H and O–H groups in total. The maximum Gasteiger partial charge on any atom is 0.130 e. The van der Waals surface area contributed by atoms with E-state index in [1.165, 1.54) is 12.1 Å². The summed E-state index contributed by atoms with van der Waals surface area (Å²) < 4.78 is 13.3. The normalized spacial score (nSPS) is 12.5. The molecule has 0 saturated heterocycles. The monoisotopic (exact) mass is 228 g/mol. The van der Waals surface area contributed by atoms with Gasteiger partial charge in [0, 0.05) is 11.4 Å². The Balaban J connectivity index is 2.71. The number of hydrogen-bond acceptors (Lipinski definition) is 1. The summed E-state index contributed by atoms with van der Waals surface area (Å²) >= 11 is 5.77. The molecule has 0 radical (unpaired) electrons. The van der Waals surface area contributed by atoms with Crippen LogP contribution in [-0.4, -0.2) is 5.78 Å². The summed E-state index contributed by atoms with van der Waals surface area (Å²) in [6, 6.07) is 4.50. The Morgan fingerprint density at radius 1 is 1.53 bits per heavy atom. The SMILES string of the molecule is CC(=O)CC(C)Cc1cc(Cl)ccc1F. The molecule has 0 saturated carbocycles. The summed E-state index contributed by atoms with van der Waals surface area (Å²) in [5.74, 6) is 0.0233. The van der Waals surface area contributed by atoms with Gasteiger partial charge in [-0.2, -0.15) is 0 Å². The van der Waals surface area contributed by atoms with E-state index in [-0.39, 0.29) is 17.5 Å². The molecule has 0 aliphatic heterocycles. The predicted molar refractivity (Wildman–Crippen MR) is 59.6 cm³/mol. The van der Waals surface area contributed by atoms with Gasteiger partial charge >= 0.3 is 0 Å². The molecule has 0 spiro atoms. The molecule has 0 aromatic heterocycles. The number of halogens is 2. The molecule has 1 aromatic carbocycles. The van der Waals surface area contributed by atoms with Crippen LogP contribution in [0.3, 0.4) is 0 Å². The Morgan fingerprint density at radius 2 is 2.20 bits per heavy atom. The molecule has 1 aromatic rings. The van der Waals surface area contributed by atoms with E-state index in [4.69, 9.17) is 11.6 Å². The third-order valence-electron chi connectivity index (χ3n) is 2.21. The van der Waals surface area contributed by atoms with Crippen LogP contribution in [0.1, 0.15) is 25.8 Å². The minimum atomic E-state index is -0.255. The van der Waals surface area contributed by atoms with Crippen molar-refractivity contribution < 1.29 is 9.18 Å². The molecule has 0 bridgehead atoms. The van der Waals surface area contributed by atoms with Gasteiger partial charge in [-0.15, -0.1) is 0 Å². The zero-order valence-electron chi connectivity index (χ0n) is 8.89. The Hall–Kier alpha value is -0.890. The Bertz CT molecular complexity index is 363. The molecule has 1 nitrogen and oxygen atoms in total. The predicted octanol–water partition coefficient (Wildman–Crippen LogP) is 3.64. The smallest absolute Gasteiger partial charge is 0.130 e. The largest absolute Gasteiger partial charge is 0.300 e. The first-order valence-corrected chi connectivity index (χ1v) is 5.30. The van der Waals surface area contributed by atoms with Gasteiger partial charge in [0.05, 0.1) is 0 Å². The zero-order chi connectivity index (χ0) is 11.4. The second kappa shape index (κ2) is 5.26. The average Bonchev–Trinajstić information content (AvgIpc) is 2.10. The van der Waals surface area contributed by atoms with E-state index in [1.54, 1.807) is 13.0 Å². The molecule has 0 fully saturated rings. The van der Waals surface area contributed by atoms with E-state index in [2.05, 4.69) is 0 Å². The molecular weight excluding hydrogens is 215 g/mol. The van der Waals surface area contributed by atoms with E-state index in [9.17, 15) is 9.18 Å². The van der Waals surface area contributed by atoms with Crippen LogP contribution in [0.5, 0.6) is 0 Å². The average molecular weight is 229 g/mol. The van der Waals surface area contributed by atoms with E-state index < -0.39 is 0 Å². The number of ketones is 1. The lowest BCUT2D eigenvalue weighted by molar-refractivity contribution is -0.117. The standard InChI is InChI=1S/C12H14ClFO/c1-8(5-9(2)15)6-10-7-11(13)3-4-12(10)14/h3-4,7-8H,5-6H2,1-2H3. The topological polar surface area (TPSA) is 17.1 Å². The first-order chi connectivity index (χ1) is 6.99. The molecule has 0 aliphatic rings. The van der Waals surface area contributed by atoms with Crippen molar-refractivity contribution in [2.75, 3.05) is 0 Å². The quantitative estimate of drug-likeness (QED) is 0.769. The van der Waals surface area contributed by atoms with Crippen molar-refractivity contribution in [1.82, 2.24) is 0 Å². The fourth-order valence-corrected chi connectivity index (χ4v) is 1.83. The second-order valence-electron chi connectivity index (χ2n) is 3.95. The van der Waals surface area contributed by atoms with Crippen molar-refractivity contribution >= 4 is 17.4 Å². The third kappa shape index (κ3) is 4.00. The molecule has 0 heterocycles. The lowest BCUT2D eigenvalue weighted by Crippen LogP contribution is -2.06. The number of rotatable bonds is 4. The maximum absolute atomic E-state index is 13.3. The minimum absolute atomic E-state index is 0.130. The van der Waals surface area contributed by atoms with Crippen LogP contribution in [0.15, 0.2) is 18.2 Å². The summed E-state index contributed by atoms with van der Waals surface area (Å²) in [6.45, 7) is 3.48. The number of carbonyl (C=O) groups is 1. The second-order valence-corrected chi connectivity index (χ2v) is 4.39. The number of benzene rings is 1. The van der Waals surface area contributed by atoms with Gasteiger partial charge in [-0.3, -0.25) is 0 Å². The Kier molecular flexibility index (Phi) is 4.28. The number of carbonyl (C=O) groups excluding carboxylic acids is 1. The van der Waals surface area contributed by atoms with E-state index in [0.29, 0.717) is 23.4 Å². The summed E-state index contributed by atoms with van der Waals surface area (Å²) in [6.07, 6.45) is 1.03. The van der Waals surface area contributed by atoms with Gasteiger partial charge < -0.3 is 4.79 Å².